The molecule has 0 aliphatic rings. The van der Waals surface area contributed by atoms with E-state index in [1.807, 2.05) is 0 Å². The summed E-state index contributed by atoms with van der Waals surface area (Å²) in [6.45, 7) is 0. The topological polar surface area (TPSA) is 92.5 Å². The molecule has 18 heavy (non-hydrogen) atoms. The number of aromatic hydroxyl groups is 1. The van der Waals surface area contributed by atoms with Gasteiger partial charge in [-0.2, -0.15) is 11.3 Å². The summed E-state index contributed by atoms with van der Waals surface area (Å²) in [5.74, 6) is -0.715. The number of phenols is 1. The van der Waals surface area contributed by atoms with Crippen LogP contribution in [0.4, 0.5) is 11.4 Å². The molecule has 0 spiro atoms. The zero-order valence-corrected chi connectivity index (χ0v) is 9.81. The van der Waals surface area contributed by atoms with E-state index in [4.69, 9.17) is 0 Å². The molecule has 0 unspecified atom stereocenters. The van der Waals surface area contributed by atoms with Gasteiger partial charge >= 0.3 is 0 Å². The highest BCUT2D eigenvalue weighted by Gasteiger charge is 2.13. The second-order valence-electron chi connectivity index (χ2n) is 3.42. The predicted molar refractivity (Wildman–Crippen MR) is 67.0 cm³/mol. The number of phenolic OH excluding ortho intramolecular Hbond substituents is 1. The van der Waals surface area contributed by atoms with Crippen LogP contribution in [0.1, 0.15) is 10.4 Å². The maximum absolute atomic E-state index is 11.7. The van der Waals surface area contributed by atoms with Crippen molar-refractivity contribution in [2.45, 2.75) is 0 Å². The van der Waals surface area contributed by atoms with Gasteiger partial charge in [0.25, 0.3) is 11.6 Å². The highest BCUT2D eigenvalue weighted by molar-refractivity contribution is 7.08. The second kappa shape index (κ2) is 4.84. The van der Waals surface area contributed by atoms with E-state index in [0.717, 1.165) is 6.07 Å². The Morgan fingerprint density at radius 2 is 2.17 bits per heavy atom. The first-order chi connectivity index (χ1) is 8.58. The first-order valence-corrected chi connectivity index (χ1v) is 5.83. The number of amides is 1. The summed E-state index contributed by atoms with van der Waals surface area (Å²) in [4.78, 5) is 21.6. The van der Waals surface area contributed by atoms with Crippen molar-refractivity contribution in [3.8, 4) is 5.75 Å². The number of carbonyl (C=O) groups is 1. The highest BCUT2D eigenvalue weighted by Crippen LogP contribution is 2.28. The number of carbonyl (C=O) groups excluding carboxylic acids is 1. The lowest BCUT2D eigenvalue weighted by molar-refractivity contribution is -0.384. The third-order valence-electron chi connectivity index (χ3n) is 2.22. The minimum atomic E-state index is -0.621. The molecule has 0 atom stereocenters. The number of nitrogens with one attached hydrogen (secondary N) is 1. The van der Waals surface area contributed by atoms with Crippen LogP contribution in [0.3, 0.4) is 0 Å². The van der Waals surface area contributed by atoms with E-state index in [-0.39, 0.29) is 23.0 Å². The average molecular weight is 264 g/mol. The second-order valence-corrected chi connectivity index (χ2v) is 4.20. The molecular weight excluding hydrogens is 256 g/mol. The summed E-state index contributed by atoms with van der Waals surface area (Å²) in [6.07, 6.45) is 0. The third kappa shape index (κ3) is 2.46. The molecule has 0 saturated carbocycles. The number of nitrogens with zero attached hydrogens (tertiary/aromatic N) is 1. The van der Waals surface area contributed by atoms with E-state index in [1.54, 1.807) is 16.8 Å². The molecule has 0 fully saturated rings. The lowest BCUT2D eigenvalue weighted by Gasteiger charge is -2.05. The molecule has 6 nitrogen and oxygen atoms in total. The van der Waals surface area contributed by atoms with Gasteiger partial charge in [-0.05, 0) is 17.5 Å². The SMILES string of the molecule is O=C(Nc1ccc([N+](=O)[O-])cc1O)c1ccsc1. The van der Waals surface area contributed by atoms with E-state index < -0.39 is 4.92 Å². The van der Waals surface area contributed by atoms with Crippen LogP contribution < -0.4 is 5.32 Å². The van der Waals surface area contributed by atoms with Crippen molar-refractivity contribution in [2.24, 2.45) is 0 Å². The predicted octanol–water partition coefficient (Wildman–Crippen LogP) is 2.61. The van der Waals surface area contributed by atoms with E-state index in [1.165, 1.54) is 23.5 Å². The monoisotopic (exact) mass is 264 g/mol. The van der Waals surface area contributed by atoms with Crippen LogP contribution in [0, 0.1) is 10.1 Å². The van der Waals surface area contributed by atoms with Crippen LogP contribution in [-0.2, 0) is 0 Å². The van der Waals surface area contributed by atoms with Crippen molar-refractivity contribution >= 4 is 28.6 Å². The lowest BCUT2D eigenvalue weighted by atomic mass is 10.2. The first kappa shape index (κ1) is 12.1. The van der Waals surface area contributed by atoms with Crippen LogP contribution in [0.2, 0.25) is 0 Å². The first-order valence-electron chi connectivity index (χ1n) is 4.89. The van der Waals surface area contributed by atoms with Gasteiger partial charge in [0.15, 0.2) is 0 Å². The number of non-ortho nitro benzene ring substituents is 1. The van der Waals surface area contributed by atoms with Crippen LogP contribution in [0.25, 0.3) is 0 Å². The number of nitro benzene ring substituents is 1. The van der Waals surface area contributed by atoms with Gasteiger partial charge in [-0.1, -0.05) is 0 Å². The van der Waals surface area contributed by atoms with Crippen LogP contribution >= 0.6 is 11.3 Å². The molecule has 0 saturated heterocycles. The molecule has 2 aromatic rings. The number of rotatable bonds is 3. The minimum absolute atomic E-state index is 0.136. The summed E-state index contributed by atoms with van der Waals surface area (Å²) in [6, 6.07) is 5.13. The lowest BCUT2D eigenvalue weighted by Crippen LogP contribution is -2.10. The molecule has 2 rings (SSSR count). The highest BCUT2D eigenvalue weighted by atomic mass is 32.1. The smallest absolute Gasteiger partial charge is 0.273 e. The maximum Gasteiger partial charge on any atom is 0.273 e. The minimum Gasteiger partial charge on any atom is -0.506 e. The zero-order chi connectivity index (χ0) is 13.1. The van der Waals surface area contributed by atoms with Crippen molar-refractivity contribution in [1.29, 1.82) is 0 Å². The summed E-state index contributed by atoms with van der Waals surface area (Å²) in [7, 11) is 0. The summed E-state index contributed by atoms with van der Waals surface area (Å²) in [5, 5.41) is 25.9. The van der Waals surface area contributed by atoms with E-state index >= 15 is 0 Å². The van der Waals surface area contributed by atoms with Gasteiger partial charge in [-0.25, -0.2) is 0 Å². The van der Waals surface area contributed by atoms with Gasteiger partial charge in [0.05, 0.1) is 22.2 Å². The van der Waals surface area contributed by atoms with Crippen molar-refractivity contribution in [3.63, 3.8) is 0 Å². The van der Waals surface area contributed by atoms with Gasteiger partial charge in [-0.15, -0.1) is 0 Å². The molecule has 7 heteroatoms. The molecule has 1 heterocycles. The third-order valence-corrected chi connectivity index (χ3v) is 2.91. The number of benzene rings is 1. The number of hydrogen-bond donors (Lipinski definition) is 2. The molecule has 0 bridgehead atoms. The molecule has 0 aliphatic carbocycles. The summed E-state index contributed by atoms with van der Waals surface area (Å²) >= 11 is 1.38. The van der Waals surface area contributed by atoms with Crippen LogP contribution in [0.5, 0.6) is 5.75 Å². The average Bonchev–Trinajstić information content (AvgIpc) is 2.85. The Balaban J connectivity index is 2.20. The van der Waals surface area contributed by atoms with Gasteiger partial charge in [0, 0.05) is 11.4 Å². The molecule has 2 N–H and O–H groups in total. The fourth-order valence-electron chi connectivity index (χ4n) is 1.33. The fraction of sp³-hybridized carbons (Fsp3) is 0. The van der Waals surface area contributed by atoms with Gasteiger partial charge < -0.3 is 10.4 Å². The standard InChI is InChI=1S/C11H8N2O4S/c14-10-5-8(13(16)17)1-2-9(10)12-11(15)7-3-4-18-6-7/h1-6,14H,(H,12,15). The largest absolute Gasteiger partial charge is 0.506 e. The molecule has 0 radical (unpaired) electrons. The van der Waals surface area contributed by atoms with Crippen molar-refractivity contribution in [1.82, 2.24) is 0 Å². The maximum atomic E-state index is 11.7. The molecule has 1 aromatic heterocycles. The number of anilines is 1. The van der Waals surface area contributed by atoms with Gasteiger partial charge in [0.2, 0.25) is 0 Å². The molecule has 0 aliphatic heterocycles. The number of nitro groups is 1. The van der Waals surface area contributed by atoms with Crippen molar-refractivity contribution in [3.05, 3.63) is 50.7 Å². The Morgan fingerprint density at radius 3 is 2.72 bits per heavy atom. The molecular formula is C11H8N2O4S. The van der Waals surface area contributed by atoms with Gasteiger partial charge in [0.1, 0.15) is 5.75 Å². The van der Waals surface area contributed by atoms with E-state index in [2.05, 4.69) is 5.32 Å². The Kier molecular flexibility index (Phi) is 3.24. The van der Waals surface area contributed by atoms with Gasteiger partial charge in [-0.3, -0.25) is 14.9 Å². The molecule has 1 aromatic carbocycles. The number of hydrogen-bond acceptors (Lipinski definition) is 5. The Bertz CT molecular complexity index is 595. The van der Waals surface area contributed by atoms with E-state index in [9.17, 15) is 20.0 Å². The summed E-state index contributed by atoms with van der Waals surface area (Å²) in [5.41, 5.74) is 0.371. The normalized spacial score (nSPS) is 10.0. The van der Waals surface area contributed by atoms with Crippen molar-refractivity contribution in [2.75, 3.05) is 5.32 Å². The summed E-state index contributed by atoms with van der Waals surface area (Å²) < 4.78 is 0. The Hall–Kier alpha value is -2.41. The fourth-order valence-corrected chi connectivity index (χ4v) is 1.96. The Morgan fingerprint density at radius 1 is 1.39 bits per heavy atom. The van der Waals surface area contributed by atoms with Crippen LogP contribution in [-0.4, -0.2) is 15.9 Å². The Labute approximate surface area is 106 Å². The molecule has 92 valence electrons. The number of thiophene rings is 1. The van der Waals surface area contributed by atoms with E-state index in [0.29, 0.717) is 5.56 Å². The quantitative estimate of drug-likeness (QED) is 0.506. The van der Waals surface area contributed by atoms with Crippen molar-refractivity contribution < 1.29 is 14.8 Å². The zero-order valence-electron chi connectivity index (χ0n) is 8.99. The molecule has 1 amide bonds. The van der Waals surface area contributed by atoms with Crippen LogP contribution in [0.15, 0.2) is 35.0 Å².